The second-order valence-corrected chi connectivity index (χ2v) is 8.67. The van der Waals surface area contributed by atoms with E-state index in [0.717, 1.165) is 0 Å². The molecule has 0 amide bonds. The van der Waals surface area contributed by atoms with Crippen LogP contribution in [-0.2, 0) is 19.0 Å². The van der Waals surface area contributed by atoms with Crippen molar-refractivity contribution in [1.82, 2.24) is 19.5 Å². The minimum Gasteiger partial charge on any atom is -0.480 e. The highest BCUT2D eigenvalue weighted by Crippen LogP contribution is 2.44. The van der Waals surface area contributed by atoms with Gasteiger partial charge in [0.15, 0.2) is 23.5 Å². The maximum atomic E-state index is 10.9. The summed E-state index contributed by atoms with van der Waals surface area (Å²) in [5.74, 6) is -0.208. The molecule has 0 spiro atoms. The second kappa shape index (κ2) is 7.69. The first kappa shape index (κ1) is 20.3. The molecule has 12 heteroatoms. The van der Waals surface area contributed by atoms with Gasteiger partial charge < -0.3 is 30.8 Å². The molecule has 2 aromatic rings. The maximum Gasteiger partial charge on any atom is 0.320 e. The number of nitrogens with zero attached hydrogens (tertiary/aromatic N) is 4. The van der Waals surface area contributed by atoms with Crippen LogP contribution < -0.4 is 11.5 Å². The number of carboxylic acid groups (broad SMARTS) is 1. The van der Waals surface area contributed by atoms with Crippen LogP contribution in [0.1, 0.15) is 26.5 Å². The van der Waals surface area contributed by atoms with Crippen molar-refractivity contribution in [3.8, 4) is 0 Å². The number of rotatable bonds is 7. The van der Waals surface area contributed by atoms with Crippen molar-refractivity contribution < 1.29 is 24.1 Å². The van der Waals surface area contributed by atoms with Gasteiger partial charge in [-0.05, 0) is 26.0 Å². The third-order valence-corrected chi connectivity index (χ3v) is 6.05. The number of nitrogens with two attached hydrogens (primary N) is 2. The summed E-state index contributed by atoms with van der Waals surface area (Å²) in [6, 6.07) is -0.861. The molecule has 0 aromatic carbocycles. The number of nitrogen functional groups attached to an aromatic ring is 1. The minimum absolute atomic E-state index is 0.241. The first-order valence-corrected chi connectivity index (χ1v) is 10.4. The van der Waals surface area contributed by atoms with E-state index in [9.17, 15) is 4.79 Å². The molecule has 5 N–H and O–H groups in total. The number of aromatic nitrogens is 4. The Morgan fingerprint density at radius 2 is 2.10 bits per heavy atom. The van der Waals surface area contributed by atoms with E-state index in [-0.39, 0.29) is 18.3 Å². The molecule has 11 nitrogen and oxygen atoms in total. The Balaban J connectivity index is 1.50. The molecule has 0 saturated carbocycles. The average molecular weight is 424 g/mol. The van der Waals surface area contributed by atoms with Crippen molar-refractivity contribution >= 4 is 34.7 Å². The van der Waals surface area contributed by atoms with Gasteiger partial charge in [0.2, 0.25) is 0 Å². The van der Waals surface area contributed by atoms with Gasteiger partial charge in [-0.15, -0.1) is 0 Å². The lowest BCUT2D eigenvalue weighted by Gasteiger charge is -2.24. The van der Waals surface area contributed by atoms with Crippen molar-refractivity contribution in [2.75, 3.05) is 17.2 Å². The van der Waals surface area contributed by atoms with Crippen LogP contribution in [0.3, 0.4) is 0 Å². The molecule has 4 heterocycles. The van der Waals surface area contributed by atoms with Crippen LogP contribution in [0.25, 0.3) is 11.2 Å². The van der Waals surface area contributed by atoms with E-state index in [1.807, 2.05) is 13.8 Å². The van der Waals surface area contributed by atoms with Crippen molar-refractivity contribution in [1.29, 1.82) is 0 Å². The fourth-order valence-electron chi connectivity index (χ4n) is 3.61. The topological polar surface area (TPSA) is 161 Å². The van der Waals surface area contributed by atoms with Crippen molar-refractivity contribution in [3.63, 3.8) is 0 Å². The number of hydrogen-bond acceptors (Lipinski definition) is 10. The van der Waals surface area contributed by atoms with Crippen LogP contribution in [0.5, 0.6) is 0 Å². The molecule has 1 unspecified atom stereocenters. The molecule has 29 heavy (non-hydrogen) atoms. The van der Waals surface area contributed by atoms with E-state index in [2.05, 4.69) is 15.0 Å². The molecule has 2 fully saturated rings. The fraction of sp³-hybridized carbons (Fsp3) is 0.647. The third-order valence-electron chi connectivity index (χ3n) is 4.96. The zero-order valence-corrected chi connectivity index (χ0v) is 16.9. The number of ether oxygens (including phenoxy) is 3. The number of thioether (sulfide) groups is 1. The summed E-state index contributed by atoms with van der Waals surface area (Å²) in [7, 11) is 0. The van der Waals surface area contributed by atoms with E-state index >= 15 is 0 Å². The van der Waals surface area contributed by atoms with Crippen molar-refractivity contribution in [2.24, 2.45) is 5.73 Å². The first-order valence-electron chi connectivity index (χ1n) is 9.27. The van der Waals surface area contributed by atoms with Crippen LogP contribution in [-0.4, -0.2) is 72.2 Å². The van der Waals surface area contributed by atoms with Crippen molar-refractivity contribution in [2.45, 2.75) is 56.6 Å². The van der Waals surface area contributed by atoms with Gasteiger partial charge in [-0.3, -0.25) is 9.36 Å². The smallest absolute Gasteiger partial charge is 0.320 e. The van der Waals surface area contributed by atoms with Gasteiger partial charge in [0.1, 0.15) is 30.1 Å². The number of anilines is 1. The standard InChI is InChI=1S/C17H24N6O5S/c1-17(2)27-11-9(5-29-4-3-8(18)16(24)25)26-15(12(11)28-17)23-7-22-10-13(19)20-6-21-14(10)23/h6-9,11-12,15H,3-5,18H2,1-2H3,(H,24,25)(H2,19,20,21)/t8?,9-,11-,12-,15-/m1/s1. The number of aliphatic carboxylic acids is 1. The molecular weight excluding hydrogens is 400 g/mol. The molecule has 4 rings (SSSR count). The zero-order chi connectivity index (χ0) is 20.8. The summed E-state index contributed by atoms with van der Waals surface area (Å²) in [4.78, 5) is 23.4. The molecule has 0 aliphatic carbocycles. The molecule has 0 bridgehead atoms. The minimum atomic E-state index is -0.995. The van der Waals surface area contributed by atoms with Crippen LogP contribution in [0.4, 0.5) is 5.82 Å². The summed E-state index contributed by atoms with van der Waals surface area (Å²) in [5, 5.41) is 8.90. The zero-order valence-electron chi connectivity index (χ0n) is 16.1. The highest BCUT2D eigenvalue weighted by molar-refractivity contribution is 7.99. The number of hydrogen-bond donors (Lipinski definition) is 3. The van der Waals surface area contributed by atoms with E-state index in [0.29, 0.717) is 34.9 Å². The van der Waals surface area contributed by atoms with Gasteiger partial charge in [0, 0.05) is 5.75 Å². The van der Waals surface area contributed by atoms with E-state index in [1.54, 1.807) is 22.7 Å². The molecule has 2 aliphatic rings. The molecule has 2 aliphatic heterocycles. The van der Waals surface area contributed by atoms with Gasteiger partial charge in [0.25, 0.3) is 0 Å². The molecular formula is C17H24N6O5S. The third kappa shape index (κ3) is 3.90. The van der Waals surface area contributed by atoms with Gasteiger partial charge in [0.05, 0.1) is 12.4 Å². The van der Waals surface area contributed by atoms with Gasteiger partial charge >= 0.3 is 5.97 Å². The Morgan fingerprint density at radius 3 is 2.86 bits per heavy atom. The number of imidazole rings is 1. The van der Waals surface area contributed by atoms with Crippen molar-refractivity contribution in [3.05, 3.63) is 12.7 Å². The number of carboxylic acids is 1. The summed E-state index contributed by atoms with van der Waals surface area (Å²) in [6.07, 6.45) is 2.06. The van der Waals surface area contributed by atoms with E-state index in [4.69, 9.17) is 30.8 Å². The molecule has 158 valence electrons. The van der Waals surface area contributed by atoms with Gasteiger partial charge in [-0.25, -0.2) is 15.0 Å². The largest absolute Gasteiger partial charge is 0.480 e. The summed E-state index contributed by atoms with van der Waals surface area (Å²) >= 11 is 1.58. The van der Waals surface area contributed by atoms with Crippen LogP contribution in [0.2, 0.25) is 0 Å². The predicted molar refractivity (Wildman–Crippen MR) is 105 cm³/mol. The normalized spacial score (nSPS) is 29.2. The van der Waals surface area contributed by atoms with Crippen LogP contribution in [0.15, 0.2) is 12.7 Å². The molecule has 5 atom stereocenters. The van der Waals surface area contributed by atoms with Gasteiger partial charge in [-0.2, -0.15) is 11.8 Å². The summed E-state index contributed by atoms with van der Waals surface area (Å²) in [6.45, 7) is 3.73. The van der Waals surface area contributed by atoms with E-state index < -0.39 is 24.0 Å². The SMILES string of the molecule is CC1(C)O[C@@H]2[C@H](O1)[C@@H](CSCCC(N)C(=O)O)O[C@H]2n1cnc2c(N)ncnc21. The molecule has 2 aromatic heterocycles. The highest BCUT2D eigenvalue weighted by Gasteiger charge is 2.56. The van der Waals surface area contributed by atoms with Crippen LogP contribution >= 0.6 is 11.8 Å². The number of carbonyl (C=O) groups is 1. The monoisotopic (exact) mass is 424 g/mol. The lowest BCUT2D eigenvalue weighted by Crippen LogP contribution is -2.32. The Kier molecular flexibility index (Phi) is 5.38. The molecule has 2 saturated heterocycles. The number of fused-ring (bicyclic) bond motifs is 2. The Labute approximate surface area is 171 Å². The molecule has 0 radical (unpaired) electrons. The first-order chi connectivity index (χ1) is 13.8. The Bertz CT molecular complexity index is 908. The highest BCUT2D eigenvalue weighted by atomic mass is 32.2. The summed E-state index contributed by atoms with van der Waals surface area (Å²) < 4.78 is 20.3. The lowest BCUT2D eigenvalue weighted by atomic mass is 10.1. The fourth-order valence-corrected chi connectivity index (χ4v) is 4.69. The Hall–Kier alpha value is -1.99. The van der Waals surface area contributed by atoms with E-state index in [1.165, 1.54) is 6.33 Å². The van der Waals surface area contributed by atoms with Crippen LogP contribution in [0, 0.1) is 0 Å². The lowest BCUT2D eigenvalue weighted by molar-refractivity contribution is -0.193. The average Bonchev–Trinajstić information content (AvgIpc) is 3.30. The Morgan fingerprint density at radius 1 is 1.34 bits per heavy atom. The second-order valence-electron chi connectivity index (χ2n) is 7.52. The maximum absolute atomic E-state index is 10.9. The van der Waals surface area contributed by atoms with Gasteiger partial charge in [-0.1, -0.05) is 0 Å². The predicted octanol–water partition coefficient (Wildman–Crippen LogP) is 0.361. The summed E-state index contributed by atoms with van der Waals surface area (Å²) in [5.41, 5.74) is 12.5. The quantitative estimate of drug-likeness (QED) is 0.526.